The third kappa shape index (κ3) is 5.76. The zero-order valence-electron chi connectivity index (χ0n) is 42.0. The number of halogens is 2. The van der Waals surface area contributed by atoms with E-state index in [0.717, 1.165) is 66.1 Å². The molecule has 0 heterocycles. The Morgan fingerprint density at radius 2 is 0.423 bits per heavy atom. The van der Waals surface area contributed by atoms with Crippen LogP contribution in [0.25, 0.3) is 176 Å². The fourth-order valence-electron chi connectivity index (χ4n) is 14.3. The van der Waals surface area contributed by atoms with Crippen LogP contribution in [0.5, 0.6) is 0 Å². The van der Waals surface area contributed by atoms with E-state index in [1.54, 1.807) is 24.3 Å². The Kier molecular flexibility index (Phi) is 9.01. The summed E-state index contributed by atoms with van der Waals surface area (Å²) in [4.78, 5) is 0. The van der Waals surface area contributed by atoms with Crippen LogP contribution in [0, 0.1) is 11.6 Å². The number of hydrogen-bond acceptors (Lipinski definition) is 0. The summed E-state index contributed by atoms with van der Waals surface area (Å²) in [6.07, 6.45) is 0. The van der Waals surface area contributed by atoms with Crippen molar-refractivity contribution >= 4 is 64.6 Å². The third-order valence-corrected chi connectivity index (χ3v) is 17.3. The van der Waals surface area contributed by atoms with Crippen molar-refractivity contribution in [3.05, 3.63) is 266 Å². The van der Waals surface area contributed by atoms with Crippen LogP contribution < -0.4 is 0 Å². The van der Waals surface area contributed by atoms with Gasteiger partial charge in [-0.2, -0.15) is 0 Å². The lowest BCUT2D eigenvalue weighted by molar-refractivity contribution is 0.631. The van der Waals surface area contributed by atoms with E-state index in [1.807, 2.05) is 36.4 Å². The molecular formula is C76H42F2. The fourth-order valence-corrected chi connectivity index (χ4v) is 14.3. The maximum absolute atomic E-state index is 16.1. The van der Waals surface area contributed by atoms with Crippen LogP contribution in [0.3, 0.4) is 0 Å². The van der Waals surface area contributed by atoms with Gasteiger partial charge in [0.2, 0.25) is 0 Å². The molecular weight excluding hydrogens is 951 g/mol. The molecule has 0 unspecified atom stereocenters. The van der Waals surface area contributed by atoms with Gasteiger partial charge in [0, 0.05) is 11.1 Å². The molecule has 0 aromatic heterocycles. The molecule has 2 aliphatic carbocycles. The van der Waals surface area contributed by atoms with Crippen molar-refractivity contribution in [3.8, 4) is 111 Å². The smallest absolute Gasteiger partial charge is 0.131 e. The molecule has 0 amide bonds. The van der Waals surface area contributed by atoms with Crippen LogP contribution >= 0.6 is 0 Å². The first kappa shape index (κ1) is 43.2. The van der Waals surface area contributed by atoms with Crippen molar-refractivity contribution in [2.75, 3.05) is 0 Å². The van der Waals surface area contributed by atoms with Crippen LogP contribution in [0.1, 0.15) is 0 Å². The highest BCUT2D eigenvalue weighted by Gasteiger charge is 2.36. The van der Waals surface area contributed by atoms with Crippen molar-refractivity contribution in [2.24, 2.45) is 0 Å². The molecule has 0 spiro atoms. The van der Waals surface area contributed by atoms with Gasteiger partial charge in [0.05, 0.1) is 0 Å². The minimum atomic E-state index is -0.243. The molecule has 0 saturated carbocycles. The van der Waals surface area contributed by atoms with E-state index in [4.69, 9.17) is 0 Å². The SMILES string of the molecule is Fc1ccccc1-c1ccccc1-c1c2c(c(-c3ccccc3)c3ccccc13)-c1ccc3c4ccc5c6c(ccc(c7ccc-2c1c37)c64)-c1c-5c(-c2ccccc2-c2ccccc2F)c2ccccc2c1-c1ccccc1. The molecule has 0 aliphatic heterocycles. The Morgan fingerprint density at radius 3 is 0.769 bits per heavy atom. The second-order valence-electron chi connectivity index (χ2n) is 21.0. The third-order valence-electron chi connectivity index (χ3n) is 17.3. The highest BCUT2D eigenvalue weighted by atomic mass is 19.1. The molecule has 0 nitrogen and oxygen atoms in total. The Balaban J connectivity index is 0.991. The van der Waals surface area contributed by atoms with Gasteiger partial charge in [-0.25, -0.2) is 8.78 Å². The van der Waals surface area contributed by atoms with Gasteiger partial charge < -0.3 is 0 Å². The largest absolute Gasteiger partial charge is 0.206 e. The van der Waals surface area contributed by atoms with E-state index in [9.17, 15) is 0 Å². The molecule has 78 heavy (non-hydrogen) atoms. The molecule has 17 rings (SSSR count). The highest BCUT2D eigenvalue weighted by Crippen LogP contribution is 2.63. The quantitative estimate of drug-likeness (QED) is 0.115. The predicted molar refractivity (Wildman–Crippen MR) is 324 cm³/mol. The molecule has 15 aromatic rings. The second kappa shape index (κ2) is 16.2. The summed E-state index contributed by atoms with van der Waals surface area (Å²) in [6.45, 7) is 0. The van der Waals surface area contributed by atoms with Gasteiger partial charge in [-0.1, -0.05) is 243 Å². The molecule has 0 N–H and O–H groups in total. The number of rotatable bonds is 6. The van der Waals surface area contributed by atoms with E-state index in [1.165, 1.54) is 98.7 Å². The Labute approximate surface area is 448 Å². The predicted octanol–water partition coefficient (Wildman–Crippen LogP) is 21.6. The second-order valence-corrected chi connectivity index (χ2v) is 21.0. The van der Waals surface area contributed by atoms with Crippen molar-refractivity contribution < 1.29 is 8.78 Å². The Morgan fingerprint density at radius 1 is 0.154 bits per heavy atom. The Hall–Kier alpha value is -10.0. The van der Waals surface area contributed by atoms with Crippen LogP contribution in [0.2, 0.25) is 0 Å². The van der Waals surface area contributed by atoms with Crippen LogP contribution in [-0.2, 0) is 0 Å². The van der Waals surface area contributed by atoms with Gasteiger partial charge in [-0.05, 0) is 177 Å². The first-order chi connectivity index (χ1) is 38.6. The van der Waals surface area contributed by atoms with E-state index in [-0.39, 0.29) is 11.6 Å². The molecule has 2 heteroatoms. The fraction of sp³-hybridized carbons (Fsp3) is 0. The zero-order chi connectivity index (χ0) is 51.3. The monoisotopic (exact) mass is 992 g/mol. The number of benzene rings is 15. The highest BCUT2D eigenvalue weighted by molar-refractivity contribution is 6.42. The summed E-state index contributed by atoms with van der Waals surface area (Å²) in [6, 6.07) is 89.3. The number of hydrogen-bond donors (Lipinski definition) is 0. The molecule has 0 saturated heterocycles. The van der Waals surface area contributed by atoms with Crippen molar-refractivity contribution in [1.29, 1.82) is 0 Å². The van der Waals surface area contributed by atoms with E-state index < -0.39 is 0 Å². The summed E-state index contributed by atoms with van der Waals surface area (Å²) in [7, 11) is 0. The summed E-state index contributed by atoms with van der Waals surface area (Å²) >= 11 is 0. The molecule has 15 aromatic carbocycles. The van der Waals surface area contributed by atoms with Gasteiger partial charge in [-0.15, -0.1) is 0 Å². The maximum Gasteiger partial charge on any atom is 0.131 e. The van der Waals surface area contributed by atoms with Gasteiger partial charge in [0.25, 0.3) is 0 Å². The average Bonchev–Trinajstić information content (AvgIpc) is 4.13. The molecule has 0 radical (unpaired) electrons. The maximum atomic E-state index is 16.1. The summed E-state index contributed by atoms with van der Waals surface area (Å²) in [5.74, 6) is -0.485. The van der Waals surface area contributed by atoms with Crippen LogP contribution in [0.15, 0.2) is 255 Å². The first-order valence-corrected chi connectivity index (χ1v) is 26.8. The number of fused-ring (bicyclic) bond motifs is 10. The minimum absolute atomic E-state index is 0.243. The topological polar surface area (TPSA) is 0 Å². The van der Waals surface area contributed by atoms with Crippen molar-refractivity contribution in [3.63, 3.8) is 0 Å². The molecule has 0 bridgehead atoms. The van der Waals surface area contributed by atoms with E-state index in [2.05, 4.69) is 194 Å². The molecule has 0 atom stereocenters. The normalized spacial score (nSPS) is 12.2. The van der Waals surface area contributed by atoms with Crippen LogP contribution in [-0.4, -0.2) is 0 Å². The van der Waals surface area contributed by atoms with Crippen molar-refractivity contribution in [2.45, 2.75) is 0 Å². The lowest BCUT2D eigenvalue weighted by Crippen LogP contribution is -1.95. The lowest BCUT2D eigenvalue weighted by Gasteiger charge is -2.22. The van der Waals surface area contributed by atoms with Gasteiger partial charge in [0.15, 0.2) is 0 Å². The summed E-state index contributed by atoms with van der Waals surface area (Å²) < 4.78 is 32.1. The Bertz CT molecular complexity index is 4750. The van der Waals surface area contributed by atoms with Crippen LogP contribution in [0.4, 0.5) is 8.78 Å². The molecule has 360 valence electrons. The van der Waals surface area contributed by atoms with E-state index in [0.29, 0.717) is 11.1 Å². The average molecular weight is 993 g/mol. The standard InChI is InChI=1S/C76H42F2/c77-63-33-17-15-25-47(63)45-23-7-9-27-49(45)69-53-31-13-11-29-51(53)65(43-19-3-1-4-20-43)73-59-39-35-55-58-38-42-62-72-60(40-36-56(68(58)72)57-37-41-61(75(69)73)71(59)67(55)57)74-66(44-21-5-2-6-22-44)52-30-12-14-32-54(52)70(76(62)74)50-28-10-8-24-46(50)48-26-16-18-34-64(48)78/h1-42H. The van der Waals surface area contributed by atoms with E-state index >= 15 is 8.78 Å². The molecule has 0 fully saturated rings. The summed E-state index contributed by atoms with van der Waals surface area (Å²) in [5.41, 5.74) is 21.4. The van der Waals surface area contributed by atoms with Gasteiger partial charge in [0.1, 0.15) is 11.6 Å². The van der Waals surface area contributed by atoms with Gasteiger partial charge in [-0.3, -0.25) is 0 Å². The summed E-state index contributed by atoms with van der Waals surface area (Å²) in [5, 5.41) is 14.4. The minimum Gasteiger partial charge on any atom is -0.206 e. The van der Waals surface area contributed by atoms with Crippen molar-refractivity contribution in [1.82, 2.24) is 0 Å². The zero-order valence-corrected chi connectivity index (χ0v) is 42.0. The molecule has 2 aliphatic rings. The first-order valence-electron chi connectivity index (χ1n) is 26.8. The van der Waals surface area contributed by atoms with Gasteiger partial charge >= 0.3 is 0 Å². The lowest BCUT2D eigenvalue weighted by atomic mass is 9.81.